The van der Waals surface area contributed by atoms with Crippen molar-refractivity contribution in [3.63, 3.8) is 0 Å². The van der Waals surface area contributed by atoms with Crippen LogP contribution in [0.5, 0.6) is 0 Å². The second-order valence-corrected chi connectivity index (χ2v) is 5.17. The van der Waals surface area contributed by atoms with Gasteiger partial charge in [0, 0.05) is 22.8 Å². The molecule has 0 radical (unpaired) electrons. The lowest BCUT2D eigenvalue weighted by Gasteiger charge is -2.14. The normalized spacial score (nSPS) is 10.1. The average Bonchev–Trinajstić information content (AvgIpc) is 2.25. The lowest BCUT2D eigenvalue weighted by molar-refractivity contribution is 0.0958. The standard InChI is InChI=1S/C13H17BrN2O/c1-9(2)16-12-7-5-4-6-11(12)13(17)15-8-10(3)14/h4-7,9,16H,3,8H2,1-2H3,(H,15,17). The van der Waals surface area contributed by atoms with Gasteiger partial charge in [-0.1, -0.05) is 34.6 Å². The van der Waals surface area contributed by atoms with E-state index in [0.717, 1.165) is 10.2 Å². The van der Waals surface area contributed by atoms with Crippen molar-refractivity contribution >= 4 is 27.5 Å². The lowest BCUT2D eigenvalue weighted by atomic mass is 10.1. The minimum Gasteiger partial charge on any atom is -0.382 e. The number of nitrogens with one attached hydrogen (secondary N) is 2. The molecule has 0 aliphatic rings. The molecular weight excluding hydrogens is 280 g/mol. The van der Waals surface area contributed by atoms with E-state index in [1.54, 1.807) is 6.07 Å². The summed E-state index contributed by atoms with van der Waals surface area (Å²) in [4.78, 5) is 11.9. The van der Waals surface area contributed by atoms with Gasteiger partial charge in [0.05, 0.1) is 5.56 Å². The van der Waals surface area contributed by atoms with E-state index >= 15 is 0 Å². The number of hydrogen-bond donors (Lipinski definition) is 2. The monoisotopic (exact) mass is 296 g/mol. The molecule has 2 N–H and O–H groups in total. The van der Waals surface area contributed by atoms with E-state index in [1.165, 1.54) is 0 Å². The van der Waals surface area contributed by atoms with Gasteiger partial charge in [-0.25, -0.2) is 0 Å². The molecular formula is C13H17BrN2O. The van der Waals surface area contributed by atoms with Crippen molar-refractivity contribution in [3.05, 3.63) is 40.9 Å². The van der Waals surface area contributed by atoms with E-state index in [4.69, 9.17) is 0 Å². The number of amides is 1. The Labute approximate surface area is 110 Å². The molecule has 0 bridgehead atoms. The van der Waals surface area contributed by atoms with Crippen LogP contribution in [0.1, 0.15) is 24.2 Å². The van der Waals surface area contributed by atoms with Crippen LogP contribution in [0.15, 0.2) is 35.3 Å². The first-order valence-electron chi connectivity index (χ1n) is 5.47. The molecule has 0 spiro atoms. The highest BCUT2D eigenvalue weighted by Crippen LogP contribution is 2.16. The molecule has 0 saturated carbocycles. The zero-order valence-corrected chi connectivity index (χ0v) is 11.7. The smallest absolute Gasteiger partial charge is 0.253 e. The van der Waals surface area contributed by atoms with Gasteiger partial charge in [0.15, 0.2) is 0 Å². The molecule has 4 heteroatoms. The summed E-state index contributed by atoms with van der Waals surface area (Å²) < 4.78 is 0.750. The molecule has 0 saturated heterocycles. The maximum Gasteiger partial charge on any atom is 0.253 e. The fourth-order valence-electron chi connectivity index (χ4n) is 1.39. The number of para-hydroxylation sites is 1. The highest BCUT2D eigenvalue weighted by Gasteiger charge is 2.10. The summed E-state index contributed by atoms with van der Waals surface area (Å²) in [5.41, 5.74) is 1.50. The van der Waals surface area contributed by atoms with Gasteiger partial charge in [-0.3, -0.25) is 4.79 Å². The highest BCUT2D eigenvalue weighted by atomic mass is 79.9. The number of rotatable bonds is 5. The van der Waals surface area contributed by atoms with Crippen LogP contribution >= 0.6 is 15.9 Å². The predicted octanol–water partition coefficient (Wildman–Crippen LogP) is 3.15. The Morgan fingerprint density at radius 3 is 2.65 bits per heavy atom. The SMILES string of the molecule is C=C(Br)CNC(=O)c1ccccc1NC(C)C. The van der Waals surface area contributed by atoms with Crippen LogP contribution in [0, 0.1) is 0 Å². The maximum atomic E-state index is 11.9. The average molecular weight is 297 g/mol. The Bertz CT molecular complexity index is 416. The minimum atomic E-state index is -0.102. The van der Waals surface area contributed by atoms with Crippen molar-refractivity contribution < 1.29 is 4.79 Å². The van der Waals surface area contributed by atoms with Crippen LogP contribution in [-0.2, 0) is 0 Å². The van der Waals surface area contributed by atoms with Crippen LogP contribution in [0.4, 0.5) is 5.69 Å². The molecule has 0 aliphatic heterocycles. The number of anilines is 1. The number of benzene rings is 1. The summed E-state index contributed by atoms with van der Waals surface area (Å²) in [5.74, 6) is -0.102. The summed E-state index contributed by atoms with van der Waals surface area (Å²) in [5, 5.41) is 6.03. The Balaban J connectivity index is 2.81. The molecule has 1 aromatic rings. The third kappa shape index (κ3) is 4.61. The van der Waals surface area contributed by atoms with Crippen LogP contribution in [0.3, 0.4) is 0 Å². The predicted molar refractivity (Wildman–Crippen MR) is 75.6 cm³/mol. The van der Waals surface area contributed by atoms with Crippen LogP contribution < -0.4 is 10.6 Å². The second kappa shape index (κ2) is 6.45. The molecule has 0 heterocycles. The third-order valence-electron chi connectivity index (χ3n) is 2.06. The van der Waals surface area contributed by atoms with E-state index in [2.05, 4.69) is 33.1 Å². The van der Waals surface area contributed by atoms with E-state index in [0.29, 0.717) is 12.1 Å². The van der Waals surface area contributed by atoms with Gasteiger partial charge >= 0.3 is 0 Å². The molecule has 0 aliphatic carbocycles. The van der Waals surface area contributed by atoms with E-state index in [9.17, 15) is 4.79 Å². The first-order chi connectivity index (χ1) is 8.00. The zero-order valence-electron chi connectivity index (χ0n) is 10.1. The molecule has 1 rings (SSSR count). The summed E-state index contributed by atoms with van der Waals surface area (Å²) >= 11 is 3.21. The largest absolute Gasteiger partial charge is 0.382 e. The van der Waals surface area contributed by atoms with Gasteiger partial charge in [0.2, 0.25) is 0 Å². The zero-order chi connectivity index (χ0) is 12.8. The fourth-order valence-corrected chi connectivity index (χ4v) is 1.53. The summed E-state index contributed by atoms with van der Waals surface area (Å²) in [6, 6.07) is 7.75. The topological polar surface area (TPSA) is 41.1 Å². The first kappa shape index (κ1) is 13.8. The third-order valence-corrected chi connectivity index (χ3v) is 2.34. The second-order valence-electron chi connectivity index (χ2n) is 4.04. The number of halogens is 1. The van der Waals surface area contributed by atoms with Gasteiger partial charge < -0.3 is 10.6 Å². The van der Waals surface area contributed by atoms with Gasteiger partial charge in [0.25, 0.3) is 5.91 Å². The molecule has 0 atom stereocenters. The molecule has 17 heavy (non-hydrogen) atoms. The lowest BCUT2D eigenvalue weighted by Crippen LogP contribution is -2.26. The quantitative estimate of drug-likeness (QED) is 0.876. The van der Waals surface area contributed by atoms with Crippen molar-refractivity contribution in [2.75, 3.05) is 11.9 Å². The Hall–Kier alpha value is -1.29. The Kier molecular flexibility index (Phi) is 5.22. The molecule has 0 unspecified atom stereocenters. The van der Waals surface area contributed by atoms with Gasteiger partial charge in [-0.05, 0) is 26.0 Å². The van der Waals surface area contributed by atoms with Gasteiger partial charge in [-0.15, -0.1) is 0 Å². The maximum absolute atomic E-state index is 11.9. The summed E-state index contributed by atoms with van der Waals surface area (Å²) in [7, 11) is 0. The van der Waals surface area contributed by atoms with Gasteiger partial charge in [-0.2, -0.15) is 0 Å². The minimum absolute atomic E-state index is 0.102. The number of carbonyl (C=O) groups is 1. The Morgan fingerprint density at radius 2 is 2.06 bits per heavy atom. The van der Waals surface area contributed by atoms with Crippen LogP contribution in [0.25, 0.3) is 0 Å². The first-order valence-corrected chi connectivity index (χ1v) is 6.27. The number of carbonyl (C=O) groups excluding carboxylic acids is 1. The number of hydrogen-bond acceptors (Lipinski definition) is 2. The van der Waals surface area contributed by atoms with Crippen molar-refractivity contribution in [1.29, 1.82) is 0 Å². The molecule has 1 aromatic carbocycles. The molecule has 92 valence electrons. The van der Waals surface area contributed by atoms with Crippen molar-refractivity contribution in [2.45, 2.75) is 19.9 Å². The summed E-state index contributed by atoms with van der Waals surface area (Å²) in [6.45, 7) is 8.18. The van der Waals surface area contributed by atoms with Crippen LogP contribution in [-0.4, -0.2) is 18.5 Å². The van der Waals surface area contributed by atoms with E-state index in [-0.39, 0.29) is 11.9 Å². The van der Waals surface area contributed by atoms with Crippen molar-refractivity contribution in [1.82, 2.24) is 5.32 Å². The highest BCUT2D eigenvalue weighted by molar-refractivity contribution is 9.11. The summed E-state index contributed by atoms with van der Waals surface area (Å²) in [6.07, 6.45) is 0. The molecule has 0 aromatic heterocycles. The van der Waals surface area contributed by atoms with E-state index < -0.39 is 0 Å². The molecule has 0 fully saturated rings. The van der Waals surface area contributed by atoms with Crippen molar-refractivity contribution in [3.8, 4) is 0 Å². The van der Waals surface area contributed by atoms with Crippen molar-refractivity contribution in [2.24, 2.45) is 0 Å². The Morgan fingerprint density at radius 1 is 1.41 bits per heavy atom. The molecule has 1 amide bonds. The van der Waals surface area contributed by atoms with E-state index in [1.807, 2.05) is 32.0 Å². The fraction of sp³-hybridized carbons (Fsp3) is 0.308. The van der Waals surface area contributed by atoms with Gasteiger partial charge in [0.1, 0.15) is 0 Å². The molecule has 3 nitrogen and oxygen atoms in total. The van der Waals surface area contributed by atoms with Crippen LogP contribution in [0.2, 0.25) is 0 Å².